The highest BCUT2D eigenvalue weighted by atomic mass is 32.1. The summed E-state index contributed by atoms with van der Waals surface area (Å²) in [5.74, 6) is -3.16. The average molecular weight is 787 g/mol. The third kappa shape index (κ3) is 8.13. The lowest BCUT2D eigenvalue weighted by atomic mass is 9.91. The average Bonchev–Trinajstić information content (AvgIpc) is 3.87. The zero-order valence-electron chi connectivity index (χ0n) is 30.6. The predicted molar refractivity (Wildman–Crippen MR) is 202 cm³/mol. The van der Waals surface area contributed by atoms with Crippen LogP contribution in [0, 0.1) is 13.8 Å². The lowest BCUT2D eigenvalue weighted by Crippen LogP contribution is -2.17. The van der Waals surface area contributed by atoms with Crippen molar-refractivity contribution in [1.29, 1.82) is 0 Å². The van der Waals surface area contributed by atoms with Crippen LogP contribution in [-0.2, 0) is 10.8 Å². The van der Waals surface area contributed by atoms with Gasteiger partial charge in [-0.2, -0.15) is 34.5 Å². The Morgan fingerprint density at radius 2 is 1.09 bits per heavy atom. The number of aromatic carboxylic acids is 2. The van der Waals surface area contributed by atoms with Gasteiger partial charge in [0, 0.05) is 16.5 Å². The summed E-state index contributed by atoms with van der Waals surface area (Å²) < 4.78 is 2.46. The fourth-order valence-corrected chi connectivity index (χ4v) is 5.89. The van der Waals surface area contributed by atoms with E-state index in [1.165, 1.54) is 44.2 Å². The van der Waals surface area contributed by atoms with Crippen molar-refractivity contribution in [2.75, 3.05) is 16.8 Å². The highest BCUT2D eigenvalue weighted by Gasteiger charge is 2.31. The molecule has 0 saturated heterocycles. The summed E-state index contributed by atoms with van der Waals surface area (Å²) in [6.45, 7) is 15.0. The van der Waals surface area contributed by atoms with Crippen LogP contribution in [0.5, 0.6) is 0 Å². The number of hydrogen-bond donors (Lipinski definition) is 5. The maximum absolute atomic E-state index is 11.9. The second-order valence-electron chi connectivity index (χ2n) is 13.9. The number of carbonyl (C=O) groups is 2. The number of hydrogen-bond acceptors (Lipinski definition) is 20. The number of nitrogen functional groups attached to an aromatic ring is 2. The summed E-state index contributed by atoms with van der Waals surface area (Å²) in [6, 6.07) is 3.47. The summed E-state index contributed by atoms with van der Waals surface area (Å²) in [5.41, 5.74) is 12.9. The molecule has 0 aliphatic carbocycles. The molecular formula is C31H34N18O4S2. The number of azo groups is 2. The Labute approximate surface area is 319 Å². The maximum atomic E-state index is 11.9. The molecule has 7 N–H and O–H groups in total. The van der Waals surface area contributed by atoms with Crippen molar-refractivity contribution >= 4 is 79.5 Å². The first-order valence-corrected chi connectivity index (χ1v) is 17.8. The van der Waals surface area contributed by atoms with Gasteiger partial charge in [0.05, 0.1) is 22.5 Å². The largest absolute Gasteiger partial charge is 0.478 e. The van der Waals surface area contributed by atoms with E-state index in [-0.39, 0.29) is 57.7 Å². The van der Waals surface area contributed by atoms with Crippen molar-refractivity contribution in [2.45, 2.75) is 66.2 Å². The zero-order valence-corrected chi connectivity index (χ0v) is 32.3. The summed E-state index contributed by atoms with van der Waals surface area (Å²) >= 11 is 2.48. The lowest BCUT2D eigenvalue weighted by Gasteiger charge is -2.15. The Morgan fingerprint density at radius 3 is 1.44 bits per heavy atom. The second-order valence-corrected chi connectivity index (χ2v) is 16.2. The van der Waals surface area contributed by atoms with Crippen molar-refractivity contribution in [3.63, 3.8) is 0 Å². The molecule has 22 nitrogen and oxygen atoms in total. The van der Waals surface area contributed by atoms with Gasteiger partial charge < -0.3 is 27.0 Å². The van der Waals surface area contributed by atoms with E-state index in [4.69, 9.17) is 21.7 Å². The molecule has 0 spiro atoms. The third-order valence-corrected chi connectivity index (χ3v) is 8.83. The molecule has 0 amide bonds. The van der Waals surface area contributed by atoms with Crippen LogP contribution in [0.1, 0.15) is 83.7 Å². The first-order chi connectivity index (χ1) is 25.8. The molecule has 0 aliphatic heterocycles. The van der Waals surface area contributed by atoms with E-state index in [0.717, 1.165) is 6.07 Å². The second kappa shape index (κ2) is 14.3. The van der Waals surface area contributed by atoms with Crippen LogP contribution in [0.2, 0.25) is 0 Å². The summed E-state index contributed by atoms with van der Waals surface area (Å²) in [7, 11) is 0. The van der Waals surface area contributed by atoms with Gasteiger partial charge in [0.2, 0.25) is 5.95 Å². The smallest absolute Gasteiger partial charge is 0.335 e. The van der Waals surface area contributed by atoms with E-state index in [9.17, 15) is 19.8 Å². The van der Waals surface area contributed by atoms with Gasteiger partial charge in [0.1, 0.15) is 10.0 Å². The van der Waals surface area contributed by atoms with Gasteiger partial charge in [-0.25, -0.2) is 9.59 Å². The first-order valence-electron chi connectivity index (χ1n) is 16.2. The van der Waals surface area contributed by atoms with Crippen LogP contribution in [0.15, 0.2) is 38.7 Å². The number of aryl methyl sites for hydroxylation is 2. The van der Waals surface area contributed by atoms with Crippen LogP contribution >= 0.6 is 22.7 Å². The van der Waals surface area contributed by atoms with E-state index in [2.05, 4.69) is 61.1 Å². The molecule has 55 heavy (non-hydrogen) atoms. The van der Waals surface area contributed by atoms with Crippen molar-refractivity contribution in [2.24, 2.45) is 20.5 Å². The standard InChI is InChI=1S/C31H34N18O4S2/c1-12-38-42-28(54-12)44-40-17-19(30(3,4)5)46-48(21(17)32)26-35-25(34-16-10-14(23(50)51)9-15(11-16)24(52)53)36-27(37-26)49-22(33)18(20(47-49)31(6,7)8)41-45-29-43-39-13(2)55-29/h9-11H,32-33H2,1-8H3,(H,50,51)(H,52,53)(H,34,35,36,37). The molecule has 24 heteroatoms. The SMILES string of the molecule is Cc1nnc(N=Nc2c(C(C)(C)C)nn(-c3nc(Nc4cc(C(=O)O)cc(C(=O)O)c4)nc(-n4nc(C(C)(C)C)c(N=Nc5nnc(C)s5)c4N)n3)c2N)s1. The van der Waals surface area contributed by atoms with Crippen molar-refractivity contribution in [3.05, 3.63) is 50.7 Å². The van der Waals surface area contributed by atoms with E-state index < -0.39 is 22.8 Å². The highest BCUT2D eigenvalue weighted by molar-refractivity contribution is 7.15. The van der Waals surface area contributed by atoms with Crippen LogP contribution in [0.25, 0.3) is 11.9 Å². The minimum absolute atomic E-state index is 0.00436. The van der Waals surface area contributed by atoms with Crippen LogP contribution < -0.4 is 16.8 Å². The normalized spacial score (nSPS) is 12.3. The number of rotatable bonds is 10. The molecule has 0 radical (unpaired) electrons. The third-order valence-electron chi connectivity index (χ3n) is 7.39. The lowest BCUT2D eigenvalue weighted by molar-refractivity contribution is 0.0696. The molecule has 5 aromatic heterocycles. The highest BCUT2D eigenvalue weighted by Crippen LogP contribution is 2.40. The molecule has 6 rings (SSSR count). The molecule has 0 atom stereocenters. The quantitative estimate of drug-likeness (QED) is 0.0952. The molecule has 1 aromatic carbocycles. The molecule has 284 valence electrons. The van der Waals surface area contributed by atoms with E-state index in [1.807, 2.05) is 41.5 Å². The Bertz CT molecular complexity index is 2350. The number of anilines is 4. The van der Waals surface area contributed by atoms with Gasteiger partial charge in [-0.15, -0.1) is 40.9 Å². The van der Waals surface area contributed by atoms with Gasteiger partial charge >= 0.3 is 11.9 Å². The molecule has 6 aromatic rings. The van der Waals surface area contributed by atoms with Gasteiger partial charge in [0.25, 0.3) is 22.2 Å². The number of aromatic nitrogens is 11. The monoisotopic (exact) mass is 786 g/mol. The molecule has 0 bridgehead atoms. The predicted octanol–water partition coefficient (Wildman–Crippen LogP) is 6.29. The minimum Gasteiger partial charge on any atom is -0.478 e. The Morgan fingerprint density at radius 1 is 0.673 bits per heavy atom. The van der Waals surface area contributed by atoms with Gasteiger partial charge in [-0.1, -0.05) is 64.2 Å². The maximum Gasteiger partial charge on any atom is 0.335 e. The minimum atomic E-state index is -1.35. The van der Waals surface area contributed by atoms with Crippen molar-refractivity contribution < 1.29 is 19.8 Å². The number of nitrogens with two attached hydrogens (primary N) is 2. The molecule has 0 fully saturated rings. The number of nitrogens with zero attached hydrogens (tertiary/aromatic N) is 15. The number of nitrogens with one attached hydrogen (secondary N) is 1. The van der Waals surface area contributed by atoms with Crippen LogP contribution in [0.4, 0.5) is 44.9 Å². The summed E-state index contributed by atoms with van der Waals surface area (Å²) in [5, 5.41) is 66.9. The van der Waals surface area contributed by atoms with E-state index >= 15 is 0 Å². The molecule has 0 unspecified atom stereocenters. The van der Waals surface area contributed by atoms with Crippen molar-refractivity contribution in [3.8, 4) is 11.9 Å². The number of benzene rings is 1. The fourth-order valence-electron chi connectivity index (χ4n) is 4.87. The Kier molecular flexibility index (Phi) is 9.87. The fraction of sp³-hybridized carbons (Fsp3) is 0.323. The van der Waals surface area contributed by atoms with E-state index in [0.29, 0.717) is 31.7 Å². The molecular weight excluding hydrogens is 753 g/mol. The molecule has 0 saturated carbocycles. The Balaban J connectivity index is 1.57. The van der Waals surface area contributed by atoms with Gasteiger partial charge in [0.15, 0.2) is 23.0 Å². The first kappa shape index (κ1) is 38.0. The van der Waals surface area contributed by atoms with Crippen LogP contribution in [-0.4, -0.2) is 77.1 Å². The van der Waals surface area contributed by atoms with Gasteiger partial charge in [-0.05, 0) is 32.0 Å². The Hall–Kier alpha value is -6.69. The van der Waals surface area contributed by atoms with E-state index in [1.54, 1.807) is 13.8 Å². The zero-order chi connectivity index (χ0) is 40.0. The summed E-state index contributed by atoms with van der Waals surface area (Å²) in [4.78, 5) is 37.5. The molecule has 5 heterocycles. The van der Waals surface area contributed by atoms with Crippen molar-refractivity contribution in [1.82, 2.24) is 54.9 Å². The topological polar surface area (TPSA) is 314 Å². The number of carboxylic acid groups (broad SMARTS) is 2. The van der Waals surface area contributed by atoms with Gasteiger partial charge in [-0.3, -0.25) is 0 Å². The molecule has 0 aliphatic rings. The van der Waals surface area contributed by atoms with Crippen LogP contribution in [0.3, 0.4) is 0 Å². The number of carboxylic acids is 2. The summed E-state index contributed by atoms with van der Waals surface area (Å²) in [6.07, 6.45) is 0.